The zero-order chi connectivity index (χ0) is 9.19. The maximum atomic E-state index is 3.46. The van der Waals surface area contributed by atoms with Crippen molar-refractivity contribution >= 4 is 0 Å². The van der Waals surface area contributed by atoms with Gasteiger partial charge in [-0.25, -0.2) is 11.6 Å². The van der Waals surface area contributed by atoms with Crippen molar-refractivity contribution in [1.29, 1.82) is 0 Å². The van der Waals surface area contributed by atoms with Crippen LogP contribution in [0.4, 0.5) is 0 Å². The van der Waals surface area contributed by atoms with E-state index >= 15 is 0 Å². The Morgan fingerprint density at radius 2 is 2.00 bits per heavy atom. The van der Waals surface area contributed by atoms with Gasteiger partial charge >= 0.3 is 0 Å². The van der Waals surface area contributed by atoms with Crippen molar-refractivity contribution in [1.82, 2.24) is 0 Å². The van der Waals surface area contributed by atoms with Crippen LogP contribution >= 0.6 is 0 Å². The van der Waals surface area contributed by atoms with Crippen LogP contribution in [0, 0.1) is 11.5 Å². The van der Waals surface area contributed by atoms with Crippen molar-refractivity contribution in [3.8, 4) is 0 Å². The van der Waals surface area contributed by atoms with Crippen molar-refractivity contribution in [2.45, 2.75) is 47.0 Å². The van der Waals surface area contributed by atoms with Crippen LogP contribution in [-0.2, 0) is 25.8 Å². The quantitative estimate of drug-likeness (QED) is 0.528. The van der Waals surface area contributed by atoms with E-state index in [0.717, 1.165) is 6.42 Å². The van der Waals surface area contributed by atoms with Gasteiger partial charge in [0.1, 0.15) is 0 Å². The van der Waals surface area contributed by atoms with E-state index in [1.807, 2.05) is 0 Å². The summed E-state index contributed by atoms with van der Waals surface area (Å²) >= 11 is 0. The summed E-state index contributed by atoms with van der Waals surface area (Å²) in [5, 5.41) is 0. The zero-order valence-corrected chi connectivity index (χ0v) is 12.8. The number of rotatable bonds is 2. The third-order valence-corrected chi connectivity index (χ3v) is 2.23. The summed E-state index contributed by atoms with van der Waals surface area (Å²) in [4.78, 5) is 0. The maximum Gasteiger partial charge on any atom is 0 e. The van der Waals surface area contributed by atoms with Gasteiger partial charge in [-0.3, -0.25) is 6.08 Å². The second kappa shape index (κ2) is 5.29. The van der Waals surface area contributed by atoms with Gasteiger partial charge in [0.05, 0.1) is 0 Å². The Bertz CT molecular complexity index is 216. The second-order valence-corrected chi connectivity index (χ2v) is 4.57. The third-order valence-electron chi connectivity index (χ3n) is 2.23. The van der Waals surface area contributed by atoms with E-state index in [2.05, 4.69) is 39.8 Å². The molecule has 0 fully saturated rings. The number of allylic oxidation sites excluding steroid dienone is 4. The first-order chi connectivity index (χ1) is 5.54. The van der Waals surface area contributed by atoms with Crippen LogP contribution in [0.25, 0.3) is 0 Å². The molecule has 0 amide bonds. The molecule has 0 unspecified atom stereocenters. The molecule has 0 heterocycles. The fourth-order valence-corrected chi connectivity index (χ4v) is 1.48. The molecule has 1 heteroatoms. The predicted octanol–water partition coefficient (Wildman–Crippen LogP) is 3.89. The molecule has 72 valence electrons. The summed E-state index contributed by atoms with van der Waals surface area (Å²) < 4.78 is 0. The zero-order valence-electron chi connectivity index (χ0n) is 9.20. The summed E-state index contributed by atoms with van der Waals surface area (Å²) in [5.41, 5.74) is 3.24. The van der Waals surface area contributed by atoms with Gasteiger partial charge in [0.2, 0.25) is 0 Å². The summed E-state index contributed by atoms with van der Waals surface area (Å²) in [6.07, 6.45) is 9.36. The van der Waals surface area contributed by atoms with E-state index in [0.29, 0.717) is 0 Å². The smallest absolute Gasteiger partial charge is 0 e. The maximum absolute atomic E-state index is 3.46. The standard InChI is InChI=1S/C12H19.Hf/c1-5-6-10-7-8-11(9-10)12(2,3)4;/h9H,5-7H2,1-4H3;/q-1;. The molecule has 13 heavy (non-hydrogen) atoms. The molecule has 0 aromatic rings. The first-order valence-corrected chi connectivity index (χ1v) is 4.85. The SMILES string of the molecule is CCCC1=CC(C(C)(C)C)=[C-]C1.[Hf]. The van der Waals surface area contributed by atoms with Crippen LogP contribution in [0.2, 0.25) is 0 Å². The summed E-state index contributed by atoms with van der Waals surface area (Å²) in [7, 11) is 0. The topological polar surface area (TPSA) is 0 Å². The molecular formula is C12H19Hf-. The molecule has 0 radical (unpaired) electrons. The average molecular weight is 342 g/mol. The van der Waals surface area contributed by atoms with E-state index in [4.69, 9.17) is 0 Å². The molecule has 0 saturated heterocycles. The van der Waals surface area contributed by atoms with Crippen molar-refractivity contribution in [3.63, 3.8) is 0 Å². The molecule has 1 rings (SSSR count). The van der Waals surface area contributed by atoms with Crippen LogP contribution in [0.1, 0.15) is 47.0 Å². The van der Waals surface area contributed by atoms with Gasteiger partial charge < -0.3 is 0 Å². The van der Waals surface area contributed by atoms with Crippen molar-refractivity contribution in [3.05, 3.63) is 23.3 Å². The molecule has 0 bridgehead atoms. The molecule has 0 aliphatic heterocycles. The Hall–Kier alpha value is 0.350. The normalized spacial score (nSPS) is 16.3. The first kappa shape index (κ1) is 13.4. The average Bonchev–Trinajstić information content (AvgIpc) is 2.35. The summed E-state index contributed by atoms with van der Waals surface area (Å²) in [6, 6.07) is 0. The minimum absolute atomic E-state index is 0. The summed E-state index contributed by atoms with van der Waals surface area (Å²) in [6.45, 7) is 8.98. The number of hydrogen-bond acceptors (Lipinski definition) is 0. The Kier molecular flexibility index (Phi) is 5.43. The van der Waals surface area contributed by atoms with Crippen LogP contribution in [0.3, 0.4) is 0 Å². The first-order valence-electron chi connectivity index (χ1n) is 4.85. The van der Waals surface area contributed by atoms with Crippen LogP contribution in [-0.4, -0.2) is 0 Å². The Labute approximate surface area is 101 Å². The monoisotopic (exact) mass is 343 g/mol. The fourth-order valence-electron chi connectivity index (χ4n) is 1.48. The van der Waals surface area contributed by atoms with Crippen molar-refractivity contribution < 1.29 is 25.8 Å². The van der Waals surface area contributed by atoms with Gasteiger partial charge in [-0.05, 0) is 11.8 Å². The minimum Gasteiger partial charge on any atom is -0.269 e. The van der Waals surface area contributed by atoms with Gasteiger partial charge in [-0.1, -0.05) is 34.1 Å². The van der Waals surface area contributed by atoms with E-state index in [1.54, 1.807) is 5.57 Å². The third kappa shape index (κ3) is 3.93. The van der Waals surface area contributed by atoms with Gasteiger partial charge in [-0.15, -0.1) is 6.42 Å². The van der Waals surface area contributed by atoms with E-state index in [-0.39, 0.29) is 31.3 Å². The molecule has 0 nitrogen and oxygen atoms in total. The van der Waals surface area contributed by atoms with E-state index in [1.165, 1.54) is 18.4 Å². The Morgan fingerprint density at radius 3 is 2.38 bits per heavy atom. The predicted molar refractivity (Wildman–Crippen MR) is 53.8 cm³/mol. The molecule has 1 aliphatic carbocycles. The molecule has 0 N–H and O–H groups in total. The molecule has 0 aromatic heterocycles. The molecular weight excluding hydrogens is 323 g/mol. The van der Waals surface area contributed by atoms with E-state index in [9.17, 15) is 0 Å². The molecule has 0 atom stereocenters. The summed E-state index contributed by atoms with van der Waals surface area (Å²) in [5.74, 6) is 0. The Morgan fingerprint density at radius 1 is 1.38 bits per heavy atom. The van der Waals surface area contributed by atoms with Crippen molar-refractivity contribution in [2.75, 3.05) is 0 Å². The van der Waals surface area contributed by atoms with Crippen LogP contribution in [0.15, 0.2) is 17.2 Å². The number of hydrogen-bond donors (Lipinski definition) is 0. The van der Waals surface area contributed by atoms with Gasteiger partial charge in [0.25, 0.3) is 0 Å². The molecule has 0 saturated carbocycles. The van der Waals surface area contributed by atoms with E-state index < -0.39 is 0 Å². The van der Waals surface area contributed by atoms with Crippen LogP contribution < -0.4 is 0 Å². The molecule has 0 aromatic carbocycles. The largest absolute Gasteiger partial charge is 0.269 e. The van der Waals surface area contributed by atoms with Crippen LogP contribution in [0.5, 0.6) is 0 Å². The Balaban J connectivity index is 0.00000144. The van der Waals surface area contributed by atoms with Gasteiger partial charge in [0, 0.05) is 25.8 Å². The van der Waals surface area contributed by atoms with Gasteiger partial charge in [-0.2, -0.15) is 5.57 Å². The molecule has 1 aliphatic rings. The minimum atomic E-state index is 0. The van der Waals surface area contributed by atoms with Crippen molar-refractivity contribution in [2.24, 2.45) is 5.41 Å². The second-order valence-electron chi connectivity index (χ2n) is 4.57. The molecule has 0 spiro atoms. The van der Waals surface area contributed by atoms with Gasteiger partial charge in [0.15, 0.2) is 0 Å². The fraction of sp³-hybridized carbons (Fsp3) is 0.667.